The van der Waals surface area contributed by atoms with Crippen molar-refractivity contribution in [2.24, 2.45) is 0 Å². The molecule has 0 fully saturated rings. The Morgan fingerprint density at radius 1 is 0.594 bits per heavy atom. The third kappa shape index (κ3) is 9.79. The molecule has 2 heterocycles. The van der Waals surface area contributed by atoms with E-state index in [1.165, 1.54) is 0 Å². The van der Waals surface area contributed by atoms with Crippen molar-refractivity contribution < 1.29 is 37.1 Å². The van der Waals surface area contributed by atoms with Gasteiger partial charge in [-0.3, -0.25) is 9.55 Å². The number of rotatable bonds is 9. The Morgan fingerprint density at radius 2 is 1.28 bits per heavy atom. The Bertz CT molecular complexity index is 3650. The Balaban J connectivity index is 0.00000784. The quantitative estimate of drug-likeness (QED) is 0.147. The molecule has 1 N–H and O–H groups in total. The minimum Gasteiger partial charge on any atom is -0.507 e. The molecule has 0 unspecified atom stereocenters. The van der Waals surface area contributed by atoms with Gasteiger partial charge in [-0.2, -0.15) is 0 Å². The molecule has 0 saturated heterocycles. The van der Waals surface area contributed by atoms with Gasteiger partial charge in [0.1, 0.15) is 11.6 Å². The van der Waals surface area contributed by atoms with Crippen molar-refractivity contribution >= 4 is 11.0 Å². The van der Waals surface area contributed by atoms with Crippen molar-refractivity contribution in [3.8, 4) is 78.6 Å². The van der Waals surface area contributed by atoms with E-state index in [4.69, 9.17) is 18.2 Å². The molecule has 9 aromatic rings. The molecule has 4 nitrogen and oxygen atoms in total. The van der Waals surface area contributed by atoms with E-state index in [1.807, 2.05) is 95.6 Å². The summed E-state index contributed by atoms with van der Waals surface area (Å²) in [5, 5.41) is 12.6. The molecule has 7 aromatic carbocycles. The first kappa shape index (κ1) is 39.5. The summed E-state index contributed by atoms with van der Waals surface area (Å²) < 4.78 is 71.1. The maximum absolute atomic E-state index is 12.6. The van der Waals surface area contributed by atoms with Crippen LogP contribution in [-0.2, 0) is 31.9 Å². The number of benzene rings is 7. The molecule has 0 atom stereocenters. The van der Waals surface area contributed by atoms with E-state index in [2.05, 4.69) is 71.9 Å². The maximum atomic E-state index is 12.6. The predicted octanol–water partition coefficient (Wildman–Crippen LogP) is 17.4. The zero-order valence-corrected chi connectivity index (χ0v) is 43.3. The normalized spacial score (nSPS) is 14.3. The average molecular weight is 1090 g/mol. The molecule has 0 amide bonds. The minimum atomic E-state index is -2.51. The van der Waals surface area contributed by atoms with E-state index in [1.54, 1.807) is 64.2 Å². The molecule has 0 spiro atoms. The largest absolute Gasteiger partial charge is 0.507 e. The van der Waals surface area contributed by atoms with Gasteiger partial charge >= 0.3 is 0 Å². The summed E-state index contributed by atoms with van der Waals surface area (Å²) in [5.74, 6) is -2.24. The van der Waals surface area contributed by atoms with Crippen molar-refractivity contribution in [2.45, 2.75) is 106 Å². The van der Waals surface area contributed by atoms with Gasteiger partial charge in [0, 0.05) is 49.5 Å². The van der Waals surface area contributed by atoms with Crippen molar-refractivity contribution in [3.05, 3.63) is 191 Å². The monoisotopic (exact) mass is 1090 g/mol. The van der Waals surface area contributed by atoms with Crippen molar-refractivity contribution in [1.82, 2.24) is 14.5 Å². The number of fused-ring (bicyclic) bond motifs is 1. The van der Waals surface area contributed by atoms with Crippen LogP contribution in [-0.4, -0.2) is 19.6 Å². The summed E-state index contributed by atoms with van der Waals surface area (Å²) in [4.78, 5) is 10.4. The summed E-state index contributed by atoms with van der Waals surface area (Å²) in [6.45, 7) is 15.1. The van der Waals surface area contributed by atoms with Crippen LogP contribution in [0.4, 0.5) is 0 Å². The van der Waals surface area contributed by atoms with Crippen LogP contribution in [0, 0.1) is 19.8 Å². The van der Waals surface area contributed by atoms with E-state index in [0.717, 1.165) is 44.5 Å². The Morgan fingerprint density at radius 3 is 1.93 bits per heavy atom. The summed E-state index contributed by atoms with van der Waals surface area (Å²) in [7, 11) is 0. The van der Waals surface area contributed by atoms with Crippen molar-refractivity contribution in [1.29, 1.82) is 0 Å². The Kier molecular flexibility index (Phi) is 11.0. The van der Waals surface area contributed by atoms with E-state index in [0.29, 0.717) is 61.6 Å². The number of aryl methyl sites for hydroxylation is 2. The van der Waals surface area contributed by atoms with Gasteiger partial charge in [0.2, 0.25) is 0 Å². The Labute approximate surface area is 436 Å². The number of aromatic hydroxyl groups is 1. The molecule has 0 aliphatic rings. The van der Waals surface area contributed by atoms with E-state index < -0.39 is 25.5 Å². The molecule has 352 valence electrons. The number of para-hydroxylation sites is 1. The van der Waals surface area contributed by atoms with Crippen LogP contribution in [0.15, 0.2) is 152 Å². The fourth-order valence-corrected chi connectivity index (χ4v) is 8.93. The third-order valence-corrected chi connectivity index (χ3v) is 13.0. The zero-order valence-electron chi connectivity index (χ0n) is 49.0. The van der Waals surface area contributed by atoms with Gasteiger partial charge in [0.15, 0.2) is 0 Å². The molecular weight excluding hydrogens is 1020 g/mol. The molecular formula is C64H64N3OPt-. The standard InChI is InChI=1S/C64H64N3O.Pt/c1-39(2)47-35-53(40(3)4)61(68)56(36-47)62-66-60-52(48-32-49(34-51(33-48)64(10,11)12)57-37-46(29-30-65-57)43-23-21-41(5)22-24-43)19-16-20-58(60)67(62)59-38-54(44-17-14-13-15-18-44)42(6)31-55(59)45-25-27-50(28-26-45)63(7,8)9;/h13-31,33-40,68H,1-12H3;/q-1;/i5D3,6D3,39D,40D;. The number of hydrogen-bond acceptors (Lipinski definition) is 3. The van der Waals surface area contributed by atoms with Crippen LogP contribution in [0.2, 0.25) is 0 Å². The van der Waals surface area contributed by atoms with Gasteiger partial charge in [-0.1, -0.05) is 189 Å². The fraction of sp³-hybridized carbons (Fsp3) is 0.250. The van der Waals surface area contributed by atoms with Crippen molar-refractivity contribution in [2.75, 3.05) is 0 Å². The van der Waals surface area contributed by atoms with Crippen LogP contribution in [0.25, 0.3) is 83.9 Å². The first-order chi connectivity index (χ1) is 35.4. The summed E-state index contributed by atoms with van der Waals surface area (Å²) in [5.41, 5.74) is 12.3. The summed E-state index contributed by atoms with van der Waals surface area (Å²) in [6.07, 6.45) is 1.74. The van der Waals surface area contributed by atoms with Gasteiger partial charge in [-0.05, 0) is 117 Å². The smallest absolute Gasteiger partial charge is 0.148 e. The van der Waals surface area contributed by atoms with Crippen LogP contribution in [0.1, 0.15) is 125 Å². The van der Waals surface area contributed by atoms with E-state index in [-0.39, 0.29) is 48.8 Å². The predicted molar refractivity (Wildman–Crippen MR) is 287 cm³/mol. The summed E-state index contributed by atoms with van der Waals surface area (Å²) in [6, 6.07) is 49.6. The second-order valence-electron chi connectivity index (χ2n) is 20.4. The number of imidazole rings is 1. The van der Waals surface area contributed by atoms with Gasteiger partial charge < -0.3 is 5.11 Å². The second-order valence-corrected chi connectivity index (χ2v) is 20.4. The van der Waals surface area contributed by atoms with Crippen LogP contribution in [0.5, 0.6) is 5.75 Å². The van der Waals surface area contributed by atoms with Crippen LogP contribution < -0.4 is 0 Å². The van der Waals surface area contributed by atoms with Gasteiger partial charge in [0.05, 0.1) is 22.3 Å². The fourth-order valence-electron chi connectivity index (χ4n) is 8.93. The van der Waals surface area contributed by atoms with Crippen LogP contribution >= 0.6 is 0 Å². The molecule has 2 aromatic heterocycles. The summed E-state index contributed by atoms with van der Waals surface area (Å²) >= 11 is 0. The zero-order chi connectivity index (χ0) is 55.1. The van der Waals surface area contributed by atoms with E-state index in [9.17, 15) is 7.85 Å². The second kappa shape index (κ2) is 19.2. The average Bonchev–Trinajstić information content (AvgIpc) is 3.85. The molecule has 9 rings (SSSR count). The third-order valence-electron chi connectivity index (χ3n) is 13.0. The van der Waals surface area contributed by atoms with Gasteiger partial charge in [0.25, 0.3) is 0 Å². The molecule has 0 aliphatic heterocycles. The number of pyridine rings is 1. The minimum absolute atomic E-state index is 0. The number of hydrogen-bond donors (Lipinski definition) is 1. The molecule has 0 radical (unpaired) electrons. The van der Waals surface area contributed by atoms with Crippen LogP contribution in [0.3, 0.4) is 0 Å². The molecule has 0 aliphatic carbocycles. The van der Waals surface area contributed by atoms with E-state index >= 15 is 0 Å². The maximum Gasteiger partial charge on any atom is 0.148 e. The Hall–Kier alpha value is -6.35. The number of nitrogens with zero attached hydrogens (tertiary/aromatic N) is 3. The topological polar surface area (TPSA) is 50.9 Å². The van der Waals surface area contributed by atoms with Crippen molar-refractivity contribution in [3.63, 3.8) is 0 Å². The molecule has 0 bridgehead atoms. The molecule has 69 heavy (non-hydrogen) atoms. The van der Waals surface area contributed by atoms with Gasteiger partial charge in [-0.15, -0.1) is 29.3 Å². The number of aromatic nitrogens is 3. The number of phenols is 1. The first-order valence-electron chi connectivity index (χ1n) is 27.3. The first-order valence-corrected chi connectivity index (χ1v) is 23.3. The molecule has 0 saturated carbocycles. The van der Waals surface area contributed by atoms with Gasteiger partial charge in [-0.25, -0.2) is 4.98 Å². The SMILES string of the molecule is [2H]C([2H])([2H])c1ccc(-c2ccnc(-c3[c-]c(-c4cccc5c4nc(-c4cc(C([2H])(C)C)cc(C([2H])(C)C)c4O)n5-c4cc(-c5ccccc5)c(C([2H])([2H])[2H])cc4-c4ccc(C(C)(C)C)cc4)cc(C(C)(C)C)c3)c2)cc1.[Pt]. The number of phenolic OH excluding ortho intramolecular Hbond substituents is 1. The molecule has 5 heteroatoms.